The number of aromatic nitrogens is 2. The van der Waals surface area contributed by atoms with E-state index >= 15 is 0 Å². The Morgan fingerprint density at radius 2 is 2.16 bits per heavy atom. The van der Waals surface area contributed by atoms with E-state index in [2.05, 4.69) is 29.1 Å². The predicted octanol–water partition coefficient (Wildman–Crippen LogP) is 2.49. The van der Waals surface area contributed by atoms with Crippen LogP contribution in [0.15, 0.2) is 12.4 Å². The summed E-state index contributed by atoms with van der Waals surface area (Å²) in [5.41, 5.74) is 0.285. The molecule has 1 aromatic heterocycles. The normalized spacial score (nSPS) is 18.0. The maximum absolute atomic E-state index is 5.50. The van der Waals surface area contributed by atoms with E-state index in [1.165, 1.54) is 0 Å². The van der Waals surface area contributed by atoms with Gasteiger partial charge in [-0.25, -0.2) is 9.97 Å². The van der Waals surface area contributed by atoms with Crippen molar-refractivity contribution < 1.29 is 9.47 Å². The quantitative estimate of drug-likeness (QED) is 0.856. The van der Waals surface area contributed by atoms with Gasteiger partial charge < -0.3 is 14.8 Å². The van der Waals surface area contributed by atoms with Crippen LogP contribution in [0.2, 0.25) is 0 Å². The average Bonchev–Trinajstić information content (AvgIpc) is 2.44. The summed E-state index contributed by atoms with van der Waals surface area (Å²) < 4.78 is 10.9. The number of nitrogens with one attached hydrogen (secondary N) is 1. The molecule has 1 aliphatic heterocycles. The lowest BCUT2D eigenvalue weighted by Gasteiger charge is -2.33. The molecule has 2 rings (SSSR count). The van der Waals surface area contributed by atoms with E-state index in [4.69, 9.17) is 9.47 Å². The van der Waals surface area contributed by atoms with Gasteiger partial charge in [0.15, 0.2) is 0 Å². The Hall–Kier alpha value is -1.36. The summed E-state index contributed by atoms with van der Waals surface area (Å²) in [4.78, 5) is 8.33. The molecule has 1 aliphatic rings. The minimum Gasteiger partial charge on any atom is -0.478 e. The Morgan fingerprint density at radius 1 is 1.37 bits per heavy atom. The molecule has 5 heteroatoms. The third kappa shape index (κ3) is 4.35. The first-order chi connectivity index (χ1) is 9.22. The Kier molecular flexibility index (Phi) is 4.96. The molecule has 2 heterocycles. The van der Waals surface area contributed by atoms with Crippen LogP contribution < -0.4 is 10.1 Å². The second kappa shape index (κ2) is 6.70. The third-order valence-electron chi connectivity index (χ3n) is 3.49. The molecule has 19 heavy (non-hydrogen) atoms. The predicted molar refractivity (Wildman–Crippen MR) is 74.5 cm³/mol. The zero-order valence-corrected chi connectivity index (χ0v) is 11.8. The van der Waals surface area contributed by atoms with E-state index in [0.29, 0.717) is 12.5 Å². The van der Waals surface area contributed by atoms with Gasteiger partial charge in [0.05, 0.1) is 6.61 Å². The molecule has 1 aromatic rings. The molecular formula is C14H23N3O2. The highest BCUT2D eigenvalue weighted by Gasteiger charge is 2.27. The monoisotopic (exact) mass is 265 g/mol. The van der Waals surface area contributed by atoms with Gasteiger partial charge in [0, 0.05) is 25.8 Å². The fraction of sp³-hybridized carbons (Fsp3) is 0.714. The first-order valence-corrected chi connectivity index (χ1v) is 6.98. The zero-order valence-electron chi connectivity index (χ0n) is 11.8. The van der Waals surface area contributed by atoms with Gasteiger partial charge in [-0.05, 0) is 24.7 Å². The Bertz CT molecular complexity index is 392. The summed E-state index contributed by atoms with van der Waals surface area (Å²) in [5, 5.41) is 3.39. The Labute approximate surface area is 114 Å². The van der Waals surface area contributed by atoms with Crippen LogP contribution in [0.4, 0.5) is 5.82 Å². The van der Waals surface area contributed by atoms with Gasteiger partial charge in [0.1, 0.15) is 12.1 Å². The van der Waals surface area contributed by atoms with Crippen LogP contribution in [0.25, 0.3) is 0 Å². The molecule has 0 atom stereocenters. The lowest BCUT2D eigenvalue weighted by Crippen LogP contribution is -2.33. The van der Waals surface area contributed by atoms with Crippen LogP contribution >= 0.6 is 0 Å². The molecule has 5 nitrogen and oxygen atoms in total. The van der Waals surface area contributed by atoms with E-state index < -0.39 is 0 Å². The summed E-state index contributed by atoms with van der Waals surface area (Å²) in [6.45, 7) is 7.66. The van der Waals surface area contributed by atoms with Crippen molar-refractivity contribution in [1.82, 2.24) is 9.97 Å². The van der Waals surface area contributed by atoms with E-state index in [1.807, 2.05) is 6.07 Å². The molecule has 0 amide bonds. The summed E-state index contributed by atoms with van der Waals surface area (Å²) in [5.74, 6) is 1.46. The average molecular weight is 265 g/mol. The van der Waals surface area contributed by atoms with Gasteiger partial charge >= 0.3 is 0 Å². The summed E-state index contributed by atoms with van der Waals surface area (Å²) in [7, 11) is 0. The molecule has 0 bridgehead atoms. The topological polar surface area (TPSA) is 56.3 Å². The minimum atomic E-state index is 0.285. The molecule has 106 valence electrons. The Morgan fingerprint density at radius 3 is 2.89 bits per heavy atom. The molecule has 0 spiro atoms. The molecular weight excluding hydrogens is 242 g/mol. The SMILES string of the molecule is CCCOc1cc(NCC2(C)CCOCC2)ncn1. The fourth-order valence-electron chi connectivity index (χ4n) is 2.07. The molecule has 0 aliphatic carbocycles. The first-order valence-electron chi connectivity index (χ1n) is 6.98. The molecule has 1 fully saturated rings. The van der Waals surface area contributed by atoms with Crippen molar-refractivity contribution in [2.24, 2.45) is 5.41 Å². The van der Waals surface area contributed by atoms with Gasteiger partial charge in [0.2, 0.25) is 5.88 Å². The molecule has 1 N–H and O–H groups in total. The van der Waals surface area contributed by atoms with Crippen molar-refractivity contribution in [3.8, 4) is 5.88 Å². The highest BCUT2D eigenvalue weighted by atomic mass is 16.5. The fourth-order valence-corrected chi connectivity index (χ4v) is 2.07. The summed E-state index contributed by atoms with van der Waals surface area (Å²) >= 11 is 0. The van der Waals surface area contributed by atoms with Gasteiger partial charge in [-0.1, -0.05) is 13.8 Å². The maximum atomic E-state index is 5.50. The van der Waals surface area contributed by atoms with Crippen molar-refractivity contribution in [1.29, 1.82) is 0 Å². The van der Waals surface area contributed by atoms with E-state index in [-0.39, 0.29) is 5.41 Å². The van der Waals surface area contributed by atoms with Crippen molar-refractivity contribution in [3.05, 3.63) is 12.4 Å². The third-order valence-corrected chi connectivity index (χ3v) is 3.49. The smallest absolute Gasteiger partial charge is 0.218 e. The van der Waals surface area contributed by atoms with Crippen LogP contribution in [0.1, 0.15) is 33.1 Å². The second-order valence-electron chi connectivity index (χ2n) is 5.37. The van der Waals surface area contributed by atoms with Gasteiger partial charge in [-0.2, -0.15) is 0 Å². The number of hydrogen-bond donors (Lipinski definition) is 1. The van der Waals surface area contributed by atoms with Crippen LogP contribution in [0.5, 0.6) is 5.88 Å². The lowest BCUT2D eigenvalue weighted by molar-refractivity contribution is 0.0299. The lowest BCUT2D eigenvalue weighted by atomic mass is 9.82. The second-order valence-corrected chi connectivity index (χ2v) is 5.37. The molecule has 0 radical (unpaired) electrons. The van der Waals surface area contributed by atoms with Crippen LogP contribution in [-0.2, 0) is 4.74 Å². The van der Waals surface area contributed by atoms with Gasteiger partial charge in [-0.15, -0.1) is 0 Å². The molecule has 1 saturated heterocycles. The van der Waals surface area contributed by atoms with E-state index in [1.54, 1.807) is 6.33 Å². The standard InChI is InChI=1S/C14H23N3O2/c1-3-6-19-13-9-12(16-11-17-13)15-10-14(2)4-7-18-8-5-14/h9,11H,3-8,10H2,1-2H3,(H,15,16,17). The van der Waals surface area contributed by atoms with Crippen LogP contribution in [0, 0.1) is 5.41 Å². The largest absolute Gasteiger partial charge is 0.478 e. The minimum absolute atomic E-state index is 0.285. The molecule has 0 saturated carbocycles. The highest BCUT2D eigenvalue weighted by molar-refractivity contribution is 5.37. The number of nitrogens with zero attached hydrogens (tertiary/aromatic N) is 2. The number of anilines is 1. The molecule has 0 unspecified atom stereocenters. The number of ether oxygens (including phenoxy) is 2. The highest BCUT2D eigenvalue weighted by Crippen LogP contribution is 2.29. The van der Waals surface area contributed by atoms with E-state index in [9.17, 15) is 0 Å². The van der Waals surface area contributed by atoms with Crippen molar-refractivity contribution in [2.45, 2.75) is 33.1 Å². The van der Waals surface area contributed by atoms with Gasteiger partial charge in [-0.3, -0.25) is 0 Å². The van der Waals surface area contributed by atoms with Crippen molar-refractivity contribution >= 4 is 5.82 Å². The summed E-state index contributed by atoms with van der Waals surface area (Å²) in [6.07, 6.45) is 4.69. The zero-order chi connectivity index (χ0) is 13.6. The van der Waals surface area contributed by atoms with Gasteiger partial charge in [0.25, 0.3) is 0 Å². The van der Waals surface area contributed by atoms with Crippen molar-refractivity contribution in [2.75, 3.05) is 31.7 Å². The number of hydrogen-bond acceptors (Lipinski definition) is 5. The maximum Gasteiger partial charge on any atom is 0.218 e. The Balaban J connectivity index is 1.88. The molecule has 0 aromatic carbocycles. The number of rotatable bonds is 6. The summed E-state index contributed by atoms with van der Waals surface area (Å²) in [6, 6.07) is 1.86. The van der Waals surface area contributed by atoms with Crippen LogP contribution in [-0.4, -0.2) is 36.3 Å². The van der Waals surface area contributed by atoms with E-state index in [0.717, 1.165) is 44.8 Å². The first kappa shape index (κ1) is 14.1. The van der Waals surface area contributed by atoms with Crippen LogP contribution in [0.3, 0.4) is 0 Å². The van der Waals surface area contributed by atoms with Crippen molar-refractivity contribution in [3.63, 3.8) is 0 Å².